The Morgan fingerprint density at radius 3 is 2.85 bits per heavy atom. The fraction of sp³-hybridized carbons (Fsp3) is 0.167. The molecule has 4 rings (SSSR count). The first kappa shape index (κ1) is 16.3. The first-order valence-electron chi connectivity index (χ1n) is 7.82. The third-order valence-electron chi connectivity index (χ3n) is 3.84. The van der Waals surface area contributed by atoms with Gasteiger partial charge >= 0.3 is 5.97 Å². The van der Waals surface area contributed by atoms with Crippen molar-refractivity contribution in [1.29, 1.82) is 0 Å². The zero-order valence-corrected chi connectivity index (χ0v) is 14.5. The molecule has 0 radical (unpaired) electrons. The molecule has 0 spiro atoms. The van der Waals surface area contributed by atoms with Crippen LogP contribution in [0.25, 0.3) is 10.2 Å². The van der Waals surface area contributed by atoms with Crippen LogP contribution in [0.2, 0.25) is 0 Å². The number of para-hydroxylation sites is 2. The standard InChI is InChI=1S/C18H14N2O5S/c1-23-17(22)10-6-7-11-15(8-10)26-18(19-11)20-16(21)14-9-24-12-4-2-3-5-13(12)25-14/h2-8,14H,9H2,1H3,(H,19,20,21)/t14-/m0/s1. The van der Waals surface area contributed by atoms with Crippen molar-refractivity contribution in [2.24, 2.45) is 0 Å². The number of carbonyl (C=O) groups is 2. The van der Waals surface area contributed by atoms with E-state index in [1.165, 1.54) is 18.4 Å². The maximum atomic E-state index is 12.5. The molecule has 0 aliphatic carbocycles. The Balaban J connectivity index is 1.50. The van der Waals surface area contributed by atoms with Gasteiger partial charge in [-0.2, -0.15) is 0 Å². The quantitative estimate of drug-likeness (QED) is 0.714. The van der Waals surface area contributed by atoms with E-state index in [1.54, 1.807) is 30.3 Å². The van der Waals surface area contributed by atoms with Gasteiger partial charge in [-0.05, 0) is 30.3 Å². The van der Waals surface area contributed by atoms with Crippen LogP contribution in [0.15, 0.2) is 42.5 Å². The van der Waals surface area contributed by atoms with Crippen LogP contribution in [-0.2, 0) is 9.53 Å². The lowest BCUT2D eigenvalue weighted by atomic mass is 10.2. The van der Waals surface area contributed by atoms with Gasteiger partial charge in [0, 0.05) is 0 Å². The SMILES string of the molecule is COC(=O)c1ccc2nc(NC(=O)[C@@H]3COc4ccccc4O3)sc2c1. The third-order valence-corrected chi connectivity index (χ3v) is 4.77. The Labute approximate surface area is 152 Å². The van der Waals surface area contributed by atoms with Gasteiger partial charge < -0.3 is 14.2 Å². The van der Waals surface area contributed by atoms with Gasteiger partial charge in [-0.1, -0.05) is 23.5 Å². The number of hydrogen-bond donors (Lipinski definition) is 1. The van der Waals surface area contributed by atoms with Gasteiger partial charge in [0.15, 0.2) is 16.6 Å². The Morgan fingerprint density at radius 1 is 1.23 bits per heavy atom. The maximum absolute atomic E-state index is 12.5. The molecule has 3 aromatic rings. The van der Waals surface area contributed by atoms with E-state index in [0.717, 1.165) is 4.70 Å². The number of carbonyl (C=O) groups excluding carboxylic acids is 2. The van der Waals surface area contributed by atoms with Crippen molar-refractivity contribution < 1.29 is 23.8 Å². The minimum atomic E-state index is -0.762. The summed E-state index contributed by atoms with van der Waals surface area (Å²) < 4.78 is 16.7. The van der Waals surface area contributed by atoms with E-state index in [4.69, 9.17) is 14.2 Å². The van der Waals surface area contributed by atoms with Crippen molar-refractivity contribution in [3.63, 3.8) is 0 Å². The van der Waals surface area contributed by atoms with Crippen LogP contribution in [0.3, 0.4) is 0 Å². The normalized spacial score (nSPS) is 15.5. The van der Waals surface area contributed by atoms with E-state index < -0.39 is 12.1 Å². The van der Waals surface area contributed by atoms with Crippen molar-refractivity contribution in [2.45, 2.75) is 6.10 Å². The van der Waals surface area contributed by atoms with Crippen LogP contribution in [0.5, 0.6) is 11.5 Å². The predicted molar refractivity (Wildman–Crippen MR) is 95.9 cm³/mol. The highest BCUT2D eigenvalue weighted by Crippen LogP contribution is 2.32. The highest BCUT2D eigenvalue weighted by Gasteiger charge is 2.28. The molecule has 7 nitrogen and oxygen atoms in total. The second-order valence-corrected chi connectivity index (χ2v) is 6.58. The minimum absolute atomic E-state index is 0.125. The lowest BCUT2D eigenvalue weighted by Crippen LogP contribution is -2.40. The van der Waals surface area contributed by atoms with Crippen LogP contribution >= 0.6 is 11.3 Å². The van der Waals surface area contributed by atoms with Crippen LogP contribution in [0.4, 0.5) is 5.13 Å². The summed E-state index contributed by atoms with van der Waals surface area (Å²) in [5.74, 6) is 0.391. The number of rotatable bonds is 3. The molecule has 26 heavy (non-hydrogen) atoms. The second kappa shape index (κ2) is 6.64. The molecule has 1 aliphatic rings. The van der Waals surface area contributed by atoms with Crippen molar-refractivity contribution in [1.82, 2.24) is 4.98 Å². The average Bonchev–Trinajstić information content (AvgIpc) is 3.08. The number of nitrogens with zero attached hydrogens (tertiary/aromatic N) is 1. The number of benzene rings is 2. The summed E-state index contributed by atoms with van der Waals surface area (Å²) in [4.78, 5) is 28.4. The summed E-state index contributed by atoms with van der Waals surface area (Å²) in [5.41, 5.74) is 1.12. The summed E-state index contributed by atoms with van der Waals surface area (Å²) >= 11 is 1.27. The summed E-state index contributed by atoms with van der Waals surface area (Å²) in [5, 5.41) is 3.17. The maximum Gasteiger partial charge on any atom is 0.337 e. The molecule has 1 amide bonds. The number of anilines is 1. The number of nitrogens with one attached hydrogen (secondary N) is 1. The molecule has 0 saturated heterocycles. The van der Waals surface area contributed by atoms with Gasteiger partial charge in [-0.15, -0.1) is 0 Å². The van der Waals surface area contributed by atoms with Crippen LogP contribution in [0, 0.1) is 0 Å². The van der Waals surface area contributed by atoms with E-state index in [1.807, 2.05) is 12.1 Å². The third kappa shape index (κ3) is 3.06. The molecule has 8 heteroatoms. The predicted octanol–water partition coefficient (Wildman–Crippen LogP) is 2.86. The molecule has 2 heterocycles. The number of amides is 1. The van der Waals surface area contributed by atoms with E-state index in [-0.39, 0.29) is 12.5 Å². The molecular weight excluding hydrogens is 356 g/mol. The molecule has 0 unspecified atom stereocenters. The molecule has 1 atom stereocenters. The van der Waals surface area contributed by atoms with E-state index >= 15 is 0 Å². The Kier molecular flexibility index (Phi) is 4.18. The second-order valence-electron chi connectivity index (χ2n) is 5.55. The Hall–Kier alpha value is -3.13. The smallest absolute Gasteiger partial charge is 0.337 e. The topological polar surface area (TPSA) is 86.8 Å². The first-order valence-corrected chi connectivity index (χ1v) is 8.64. The molecule has 1 aliphatic heterocycles. The van der Waals surface area contributed by atoms with Gasteiger partial charge in [0.2, 0.25) is 6.10 Å². The number of thiazole rings is 1. The average molecular weight is 370 g/mol. The van der Waals surface area contributed by atoms with Gasteiger partial charge in [-0.25, -0.2) is 9.78 Å². The number of hydrogen-bond acceptors (Lipinski definition) is 7. The van der Waals surface area contributed by atoms with Crippen LogP contribution < -0.4 is 14.8 Å². The summed E-state index contributed by atoms with van der Waals surface area (Å²) in [6.07, 6.45) is -0.762. The molecule has 1 N–H and O–H groups in total. The molecule has 2 aromatic carbocycles. The van der Waals surface area contributed by atoms with Gasteiger partial charge in [-0.3, -0.25) is 10.1 Å². The van der Waals surface area contributed by atoms with Crippen molar-refractivity contribution >= 4 is 38.6 Å². The first-order chi connectivity index (χ1) is 12.6. The summed E-state index contributed by atoms with van der Waals surface area (Å²) in [7, 11) is 1.33. The van der Waals surface area contributed by atoms with E-state index in [2.05, 4.69) is 10.3 Å². The van der Waals surface area contributed by atoms with Gasteiger partial charge in [0.1, 0.15) is 6.61 Å². The highest BCUT2D eigenvalue weighted by atomic mass is 32.1. The van der Waals surface area contributed by atoms with Crippen LogP contribution in [-0.4, -0.2) is 36.7 Å². The number of esters is 1. The number of aromatic nitrogens is 1. The molecule has 132 valence electrons. The van der Waals surface area contributed by atoms with Crippen molar-refractivity contribution in [2.75, 3.05) is 19.0 Å². The number of fused-ring (bicyclic) bond motifs is 2. The lowest BCUT2D eigenvalue weighted by molar-refractivity contribution is -0.125. The van der Waals surface area contributed by atoms with E-state index in [0.29, 0.717) is 27.7 Å². The monoisotopic (exact) mass is 370 g/mol. The van der Waals surface area contributed by atoms with Crippen molar-refractivity contribution in [3.05, 3.63) is 48.0 Å². The molecule has 0 fully saturated rings. The zero-order chi connectivity index (χ0) is 18.1. The highest BCUT2D eigenvalue weighted by molar-refractivity contribution is 7.22. The van der Waals surface area contributed by atoms with Crippen LogP contribution in [0.1, 0.15) is 10.4 Å². The fourth-order valence-corrected chi connectivity index (χ4v) is 3.47. The minimum Gasteiger partial charge on any atom is -0.485 e. The molecule has 0 saturated carbocycles. The largest absolute Gasteiger partial charge is 0.485 e. The van der Waals surface area contributed by atoms with E-state index in [9.17, 15) is 9.59 Å². The lowest BCUT2D eigenvalue weighted by Gasteiger charge is -2.25. The van der Waals surface area contributed by atoms with Crippen molar-refractivity contribution in [3.8, 4) is 11.5 Å². The zero-order valence-electron chi connectivity index (χ0n) is 13.7. The molecule has 1 aromatic heterocycles. The molecule has 0 bridgehead atoms. The Bertz CT molecular complexity index is 1000. The summed E-state index contributed by atoms with van der Waals surface area (Å²) in [6.45, 7) is 0.125. The fourth-order valence-electron chi connectivity index (χ4n) is 2.56. The number of ether oxygens (including phenoxy) is 3. The molecular formula is C18H14N2O5S. The summed E-state index contributed by atoms with van der Waals surface area (Å²) in [6, 6.07) is 12.2. The Morgan fingerprint density at radius 2 is 2.04 bits per heavy atom. The number of methoxy groups -OCH3 is 1. The van der Waals surface area contributed by atoms with Gasteiger partial charge in [0.25, 0.3) is 5.91 Å². The van der Waals surface area contributed by atoms with Gasteiger partial charge in [0.05, 0.1) is 22.9 Å².